The lowest BCUT2D eigenvalue weighted by Gasteiger charge is -2.29. The molecule has 0 spiro atoms. The van der Waals surface area contributed by atoms with Crippen LogP contribution >= 0.6 is 0 Å². The van der Waals surface area contributed by atoms with Crippen molar-refractivity contribution in [1.29, 1.82) is 0 Å². The third-order valence-corrected chi connectivity index (χ3v) is 5.28. The van der Waals surface area contributed by atoms with Gasteiger partial charge in [-0.1, -0.05) is 42.5 Å². The number of methoxy groups -OCH3 is 2. The number of rotatable bonds is 10. The van der Waals surface area contributed by atoms with E-state index >= 15 is 0 Å². The summed E-state index contributed by atoms with van der Waals surface area (Å²) < 4.78 is 16.5. The lowest BCUT2D eigenvalue weighted by molar-refractivity contribution is 0.0765. The fourth-order valence-corrected chi connectivity index (χ4v) is 3.56. The zero-order valence-corrected chi connectivity index (χ0v) is 17.8. The van der Waals surface area contributed by atoms with Crippen LogP contribution in [0.15, 0.2) is 72.8 Å². The van der Waals surface area contributed by atoms with E-state index in [1.807, 2.05) is 48.5 Å². The molecule has 3 atom stereocenters. The van der Waals surface area contributed by atoms with Crippen LogP contribution in [0.3, 0.4) is 0 Å². The van der Waals surface area contributed by atoms with Crippen molar-refractivity contribution < 1.29 is 24.4 Å². The van der Waals surface area contributed by atoms with Gasteiger partial charge in [0.1, 0.15) is 24.2 Å². The van der Waals surface area contributed by atoms with Crippen molar-refractivity contribution in [2.24, 2.45) is 5.73 Å². The van der Waals surface area contributed by atoms with Crippen LogP contribution in [0.4, 0.5) is 0 Å². The highest BCUT2D eigenvalue weighted by Gasteiger charge is 2.28. The standard InChI is InChI=1S/C25H29NO5/c1-29-23-12-11-18(14-24(23)30-2)21(13-17-7-4-3-5-8-17)25(26)22(28)16-31-20-10-6-9-19(27)15-20/h3-12,14-15,21-22,25,27-28H,13,16,26H2,1-2H3. The lowest BCUT2D eigenvalue weighted by Crippen LogP contribution is -2.44. The van der Waals surface area contributed by atoms with Crippen molar-refractivity contribution >= 4 is 0 Å². The minimum absolute atomic E-state index is 0.00317. The van der Waals surface area contributed by atoms with Gasteiger partial charge in [-0.2, -0.15) is 0 Å². The van der Waals surface area contributed by atoms with E-state index in [-0.39, 0.29) is 18.3 Å². The molecule has 0 fully saturated rings. The summed E-state index contributed by atoms with van der Waals surface area (Å²) in [5, 5.41) is 20.4. The summed E-state index contributed by atoms with van der Waals surface area (Å²) in [7, 11) is 3.18. The summed E-state index contributed by atoms with van der Waals surface area (Å²) in [6.07, 6.45) is -0.287. The summed E-state index contributed by atoms with van der Waals surface area (Å²) in [5.74, 6) is 1.62. The van der Waals surface area contributed by atoms with Crippen molar-refractivity contribution in [2.75, 3.05) is 20.8 Å². The highest BCUT2D eigenvalue weighted by atomic mass is 16.5. The Morgan fingerprint density at radius 1 is 0.871 bits per heavy atom. The number of hydrogen-bond acceptors (Lipinski definition) is 6. The van der Waals surface area contributed by atoms with Gasteiger partial charge in [0.15, 0.2) is 11.5 Å². The zero-order chi connectivity index (χ0) is 22.2. The molecule has 6 heteroatoms. The van der Waals surface area contributed by atoms with E-state index in [1.54, 1.807) is 32.4 Å². The van der Waals surface area contributed by atoms with Gasteiger partial charge in [-0.15, -0.1) is 0 Å². The predicted octanol–water partition coefficient (Wildman–Crippen LogP) is 3.50. The molecule has 0 aromatic heterocycles. The first-order valence-corrected chi connectivity index (χ1v) is 10.1. The first-order chi connectivity index (χ1) is 15.0. The third-order valence-electron chi connectivity index (χ3n) is 5.28. The molecule has 0 aliphatic carbocycles. The van der Waals surface area contributed by atoms with E-state index in [0.29, 0.717) is 23.7 Å². The Bertz CT molecular complexity index is 963. The van der Waals surface area contributed by atoms with Gasteiger partial charge in [0.2, 0.25) is 0 Å². The van der Waals surface area contributed by atoms with Crippen LogP contribution < -0.4 is 19.9 Å². The number of aliphatic hydroxyl groups excluding tert-OH is 1. The Morgan fingerprint density at radius 3 is 2.29 bits per heavy atom. The first-order valence-electron chi connectivity index (χ1n) is 10.1. The second kappa shape index (κ2) is 10.7. The molecule has 3 aromatic rings. The second-order valence-corrected chi connectivity index (χ2v) is 7.36. The quantitative estimate of drug-likeness (QED) is 0.462. The van der Waals surface area contributed by atoms with Crippen LogP contribution in [0.25, 0.3) is 0 Å². The molecular formula is C25H29NO5. The Hall–Kier alpha value is -3.22. The van der Waals surface area contributed by atoms with E-state index < -0.39 is 12.1 Å². The molecule has 0 radical (unpaired) electrons. The molecule has 0 saturated heterocycles. The van der Waals surface area contributed by atoms with Gasteiger partial charge >= 0.3 is 0 Å². The highest BCUT2D eigenvalue weighted by Crippen LogP contribution is 2.34. The van der Waals surface area contributed by atoms with Gasteiger partial charge < -0.3 is 30.2 Å². The van der Waals surface area contributed by atoms with E-state index in [2.05, 4.69) is 0 Å². The van der Waals surface area contributed by atoms with Crippen molar-refractivity contribution in [3.05, 3.63) is 83.9 Å². The topological polar surface area (TPSA) is 94.2 Å². The molecule has 0 aliphatic rings. The molecule has 3 aromatic carbocycles. The van der Waals surface area contributed by atoms with Gasteiger partial charge in [0.25, 0.3) is 0 Å². The van der Waals surface area contributed by atoms with Crippen molar-refractivity contribution in [2.45, 2.75) is 24.5 Å². The molecule has 4 N–H and O–H groups in total. The molecule has 164 valence electrons. The molecule has 0 saturated carbocycles. The van der Waals surface area contributed by atoms with Crippen molar-refractivity contribution in [3.63, 3.8) is 0 Å². The number of aliphatic hydroxyl groups is 1. The minimum atomic E-state index is -0.927. The smallest absolute Gasteiger partial charge is 0.160 e. The molecule has 3 rings (SSSR count). The van der Waals surface area contributed by atoms with Crippen molar-refractivity contribution in [1.82, 2.24) is 0 Å². The second-order valence-electron chi connectivity index (χ2n) is 7.36. The molecular weight excluding hydrogens is 394 g/mol. The summed E-state index contributed by atoms with van der Waals surface area (Å²) >= 11 is 0. The monoisotopic (exact) mass is 423 g/mol. The number of nitrogens with two attached hydrogens (primary N) is 1. The maximum atomic E-state index is 10.8. The minimum Gasteiger partial charge on any atom is -0.508 e. The molecule has 3 unspecified atom stereocenters. The normalized spacial score (nSPS) is 13.8. The number of ether oxygens (including phenoxy) is 3. The van der Waals surface area contributed by atoms with E-state index in [4.69, 9.17) is 19.9 Å². The van der Waals surface area contributed by atoms with Gasteiger partial charge in [0, 0.05) is 18.0 Å². The van der Waals surface area contributed by atoms with E-state index in [0.717, 1.165) is 11.1 Å². The summed E-state index contributed by atoms with van der Waals surface area (Å²) in [6, 6.07) is 21.5. The first kappa shape index (κ1) is 22.5. The number of hydrogen-bond donors (Lipinski definition) is 3. The van der Waals surface area contributed by atoms with Gasteiger partial charge in [-0.05, 0) is 41.8 Å². The molecule has 6 nitrogen and oxygen atoms in total. The van der Waals surface area contributed by atoms with Crippen LogP contribution in [0, 0.1) is 0 Å². The Balaban J connectivity index is 1.82. The van der Waals surface area contributed by atoms with Crippen molar-refractivity contribution in [3.8, 4) is 23.0 Å². The highest BCUT2D eigenvalue weighted by molar-refractivity contribution is 5.44. The molecule has 0 aliphatic heterocycles. The molecule has 31 heavy (non-hydrogen) atoms. The Labute approximate surface area is 182 Å². The largest absolute Gasteiger partial charge is 0.508 e. The summed E-state index contributed by atoms with van der Waals surface area (Å²) in [5.41, 5.74) is 8.59. The van der Waals surface area contributed by atoms with Crippen LogP contribution in [0.5, 0.6) is 23.0 Å². The van der Waals surface area contributed by atoms with Gasteiger partial charge in [-0.3, -0.25) is 0 Å². The Kier molecular flexibility index (Phi) is 7.76. The van der Waals surface area contributed by atoms with Gasteiger partial charge in [-0.25, -0.2) is 0 Å². The SMILES string of the molecule is COc1ccc(C(Cc2ccccc2)C(N)C(O)COc2cccc(O)c2)cc1OC. The average Bonchev–Trinajstić information content (AvgIpc) is 2.80. The maximum absolute atomic E-state index is 10.8. The maximum Gasteiger partial charge on any atom is 0.160 e. The van der Waals surface area contributed by atoms with E-state index in [1.165, 1.54) is 6.07 Å². The van der Waals surface area contributed by atoms with Crippen LogP contribution in [-0.4, -0.2) is 43.2 Å². The fourth-order valence-electron chi connectivity index (χ4n) is 3.56. The van der Waals surface area contributed by atoms with Crippen LogP contribution in [0.1, 0.15) is 17.0 Å². The lowest BCUT2D eigenvalue weighted by atomic mass is 9.83. The van der Waals surface area contributed by atoms with Crippen LogP contribution in [0.2, 0.25) is 0 Å². The average molecular weight is 424 g/mol. The third kappa shape index (κ3) is 5.90. The number of benzene rings is 3. The molecule has 0 bridgehead atoms. The number of phenolic OH excluding ortho intramolecular Hbond substituents is 1. The number of phenols is 1. The molecule has 0 heterocycles. The summed E-state index contributed by atoms with van der Waals surface area (Å²) in [6.45, 7) is 0.00317. The zero-order valence-electron chi connectivity index (χ0n) is 17.8. The summed E-state index contributed by atoms with van der Waals surface area (Å²) in [4.78, 5) is 0. The van der Waals surface area contributed by atoms with E-state index in [9.17, 15) is 10.2 Å². The Morgan fingerprint density at radius 2 is 1.61 bits per heavy atom. The number of aromatic hydroxyl groups is 1. The predicted molar refractivity (Wildman–Crippen MR) is 120 cm³/mol. The van der Waals surface area contributed by atoms with Gasteiger partial charge in [0.05, 0.1) is 14.2 Å². The fraction of sp³-hybridized carbons (Fsp3) is 0.280. The van der Waals surface area contributed by atoms with Crippen LogP contribution in [-0.2, 0) is 6.42 Å². The molecule has 0 amide bonds.